The van der Waals surface area contributed by atoms with Crippen molar-refractivity contribution in [3.05, 3.63) is 35.4 Å². The number of rotatable bonds is 4. The quantitative estimate of drug-likeness (QED) is 0.488. The van der Waals surface area contributed by atoms with Crippen molar-refractivity contribution in [2.75, 3.05) is 13.1 Å². The molecule has 164 valence electrons. The summed E-state index contributed by atoms with van der Waals surface area (Å²) in [6.07, 6.45) is 1.03. The Labute approximate surface area is 174 Å². The highest BCUT2D eigenvalue weighted by Crippen LogP contribution is 2.43. The topological polar surface area (TPSA) is 12.5 Å². The molecule has 6 heteroatoms. The van der Waals surface area contributed by atoms with Gasteiger partial charge in [-0.25, -0.2) is 0 Å². The van der Waals surface area contributed by atoms with E-state index in [1.165, 1.54) is 25.0 Å². The molecular formula is C23H36F3NOSi. The Morgan fingerprint density at radius 3 is 2.28 bits per heavy atom. The molecule has 0 unspecified atom stereocenters. The summed E-state index contributed by atoms with van der Waals surface area (Å²) in [4.78, 5) is 2.54. The molecule has 3 atom stereocenters. The van der Waals surface area contributed by atoms with Gasteiger partial charge < -0.3 is 4.43 Å². The summed E-state index contributed by atoms with van der Waals surface area (Å²) in [5.74, 6) is 0.169. The molecule has 1 aromatic rings. The van der Waals surface area contributed by atoms with Gasteiger partial charge in [-0.15, -0.1) is 0 Å². The summed E-state index contributed by atoms with van der Waals surface area (Å²) >= 11 is 0. The molecule has 0 radical (unpaired) electrons. The highest BCUT2D eigenvalue weighted by Gasteiger charge is 2.44. The SMILES string of the molecule is CC(C)(C)[Si](C)(C)O[C@H]1CC[C@H](c2cccc(C(F)(F)F)c2)C[C@@H]1N1CCCC1. The van der Waals surface area contributed by atoms with Gasteiger partial charge in [-0.2, -0.15) is 13.2 Å². The third kappa shape index (κ3) is 5.26. The number of halogens is 3. The van der Waals surface area contributed by atoms with Gasteiger partial charge in [0.1, 0.15) is 0 Å². The Bertz CT molecular complexity index is 692. The van der Waals surface area contributed by atoms with Gasteiger partial charge in [0, 0.05) is 6.04 Å². The number of nitrogens with zero attached hydrogens (tertiary/aromatic N) is 1. The maximum Gasteiger partial charge on any atom is 0.416 e. The second kappa shape index (κ2) is 8.35. The van der Waals surface area contributed by atoms with Crippen molar-refractivity contribution in [1.29, 1.82) is 0 Å². The molecule has 1 aliphatic carbocycles. The van der Waals surface area contributed by atoms with Crippen molar-refractivity contribution >= 4 is 8.32 Å². The van der Waals surface area contributed by atoms with Crippen molar-refractivity contribution in [3.8, 4) is 0 Å². The van der Waals surface area contributed by atoms with Gasteiger partial charge in [0.2, 0.25) is 0 Å². The molecule has 0 amide bonds. The van der Waals surface area contributed by atoms with Gasteiger partial charge in [-0.1, -0.05) is 39.0 Å². The van der Waals surface area contributed by atoms with E-state index < -0.39 is 20.1 Å². The van der Waals surface area contributed by atoms with Crippen molar-refractivity contribution in [2.24, 2.45) is 0 Å². The Balaban J connectivity index is 1.81. The average molecular weight is 428 g/mol. The van der Waals surface area contributed by atoms with Gasteiger partial charge in [-0.3, -0.25) is 4.90 Å². The van der Waals surface area contributed by atoms with Crippen LogP contribution < -0.4 is 0 Å². The van der Waals surface area contributed by atoms with E-state index in [1.54, 1.807) is 6.07 Å². The fraction of sp³-hybridized carbons (Fsp3) is 0.739. The fourth-order valence-corrected chi connectivity index (χ4v) is 5.93. The van der Waals surface area contributed by atoms with Crippen LogP contribution in [0.5, 0.6) is 0 Å². The minimum atomic E-state index is -4.28. The van der Waals surface area contributed by atoms with Crippen LogP contribution in [0.15, 0.2) is 24.3 Å². The van der Waals surface area contributed by atoms with Crippen LogP contribution >= 0.6 is 0 Å². The first kappa shape index (κ1) is 22.8. The molecule has 1 heterocycles. The lowest BCUT2D eigenvalue weighted by atomic mass is 9.79. The summed E-state index contributed by atoms with van der Waals surface area (Å²) in [7, 11) is -1.90. The minimum Gasteiger partial charge on any atom is -0.412 e. The van der Waals surface area contributed by atoms with Crippen molar-refractivity contribution in [1.82, 2.24) is 4.90 Å². The second-order valence-electron chi connectivity index (χ2n) is 10.4. The lowest BCUT2D eigenvalue weighted by Crippen LogP contribution is -2.53. The van der Waals surface area contributed by atoms with Crippen molar-refractivity contribution in [2.45, 2.75) is 95.2 Å². The van der Waals surface area contributed by atoms with Crippen LogP contribution in [-0.2, 0) is 10.6 Å². The normalized spacial score (nSPS) is 27.4. The molecular weight excluding hydrogens is 391 g/mol. The molecule has 1 aromatic carbocycles. The number of hydrogen-bond acceptors (Lipinski definition) is 2. The summed E-state index contributed by atoms with van der Waals surface area (Å²) in [5, 5.41) is 0.153. The molecule has 2 fully saturated rings. The molecule has 29 heavy (non-hydrogen) atoms. The first-order chi connectivity index (χ1) is 13.4. The summed E-state index contributed by atoms with van der Waals surface area (Å²) < 4.78 is 46.4. The van der Waals surface area contributed by atoms with E-state index in [1.807, 2.05) is 6.07 Å². The lowest BCUT2D eigenvalue weighted by molar-refractivity contribution is -0.137. The molecule has 3 rings (SSSR count). The molecule has 2 nitrogen and oxygen atoms in total. The van der Waals surface area contributed by atoms with Crippen LogP contribution in [0, 0.1) is 0 Å². The van der Waals surface area contributed by atoms with Gasteiger partial charge in [0.25, 0.3) is 0 Å². The maximum absolute atomic E-state index is 13.2. The van der Waals surface area contributed by atoms with Crippen LogP contribution in [0.3, 0.4) is 0 Å². The fourth-order valence-electron chi connectivity index (χ4n) is 4.54. The van der Waals surface area contributed by atoms with E-state index in [2.05, 4.69) is 38.8 Å². The van der Waals surface area contributed by atoms with Crippen LogP contribution in [-0.4, -0.2) is 38.5 Å². The Morgan fingerprint density at radius 1 is 1.03 bits per heavy atom. The second-order valence-corrected chi connectivity index (χ2v) is 15.1. The van der Waals surface area contributed by atoms with E-state index in [9.17, 15) is 13.2 Å². The van der Waals surface area contributed by atoms with Crippen LogP contribution in [0.4, 0.5) is 13.2 Å². The zero-order chi connectivity index (χ0) is 21.4. The number of hydrogen-bond donors (Lipinski definition) is 0. The molecule has 0 bridgehead atoms. The first-order valence-electron chi connectivity index (χ1n) is 11.0. The molecule has 1 aliphatic heterocycles. The number of benzene rings is 1. The monoisotopic (exact) mass is 427 g/mol. The van der Waals surface area contributed by atoms with E-state index in [-0.39, 0.29) is 17.1 Å². The summed E-state index contributed by atoms with van der Waals surface area (Å²) in [5.41, 5.74) is 0.294. The molecule has 1 saturated carbocycles. The van der Waals surface area contributed by atoms with Crippen LogP contribution in [0.1, 0.15) is 69.9 Å². The van der Waals surface area contributed by atoms with E-state index in [4.69, 9.17) is 4.43 Å². The zero-order valence-corrected chi connectivity index (χ0v) is 19.5. The first-order valence-corrected chi connectivity index (χ1v) is 13.9. The van der Waals surface area contributed by atoms with E-state index in [0.29, 0.717) is 6.04 Å². The van der Waals surface area contributed by atoms with Gasteiger partial charge in [-0.05, 0) is 80.9 Å². The van der Waals surface area contributed by atoms with Gasteiger partial charge in [0.05, 0.1) is 11.7 Å². The van der Waals surface area contributed by atoms with Crippen molar-refractivity contribution in [3.63, 3.8) is 0 Å². The molecule has 0 aromatic heterocycles. The van der Waals surface area contributed by atoms with E-state index >= 15 is 0 Å². The number of likely N-dealkylation sites (tertiary alicyclic amines) is 1. The Morgan fingerprint density at radius 2 is 1.69 bits per heavy atom. The van der Waals surface area contributed by atoms with Gasteiger partial charge >= 0.3 is 6.18 Å². The third-order valence-corrected chi connectivity index (χ3v) is 11.8. The smallest absolute Gasteiger partial charge is 0.412 e. The number of alkyl halides is 3. The maximum atomic E-state index is 13.2. The Hall–Kier alpha value is -0.853. The largest absolute Gasteiger partial charge is 0.416 e. The predicted octanol–water partition coefficient (Wildman–Crippen LogP) is 6.83. The summed E-state index contributed by atoms with van der Waals surface area (Å²) in [6.45, 7) is 13.5. The lowest BCUT2D eigenvalue weighted by Gasteiger charge is -2.47. The molecule has 0 spiro atoms. The highest BCUT2D eigenvalue weighted by atomic mass is 28.4. The Kier molecular flexibility index (Phi) is 6.57. The zero-order valence-electron chi connectivity index (χ0n) is 18.5. The van der Waals surface area contributed by atoms with Gasteiger partial charge in [0.15, 0.2) is 8.32 Å². The molecule has 1 saturated heterocycles. The molecule has 2 aliphatic rings. The summed E-state index contributed by atoms with van der Waals surface area (Å²) in [6, 6.07) is 6.27. The minimum absolute atomic E-state index is 0.153. The highest BCUT2D eigenvalue weighted by molar-refractivity contribution is 6.74. The van der Waals surface area contributed by atoms with Crippen molar-refractivity contribution < 1.29 is 17.6 Å². The molecule has 0 N–H and O–H groups in total. The van der Waals surface area contributed by atoms with Crippen LogP contribution in [0.2, 0.25) is 18.1 Å². The third-order valence-electron chi connectivity index (χ3n) is 7.30. The average Bonchev–Trinajstić information content (AvgIpc) is 3.14. The predicted molar refractivity (Wildman–Crippen MR) is 115 cm³/mol. The van der Waals surface area contributed by atoms with E-state index in [0.717, 1.165) is 37.9 Å². The van der Waals surface area contributed by atoms with Crippen LogP contribution in [0.25, 0.3) is 0 Å². The standard InChI is InChI=1S/C23H36F3NOSi/c1-22(2,3)29(4,5)28-21-12-11-18(16-20(21)27-13-6-7-14-27)17-9-8-10-19(15-17)23(24,25)26/h8-10,15,18,20-21H,6-7,11-14,16H2,1-5H3/t18-,20-,21-/m0/s1.